The Labute approximate surface area is 510 Å². The van der Waals surface area contributed by atoms with Gasteiger partial charge in [0.15, 0.2) is 6.10 Å². The molecule has 0 saturated heterocycles. The predicted octanol–water partition coefficient (Wildman–Crippen LogP) is 25.1. The van der Waals surface area contributed by atoms with Crippen LogP contribution in [0.2, 0.25) is 0 Å². The van der Waals surface area contributed by atoms with Crippen molar-refractivity contribution >= 4 is 17.9 Å². The summed E-state index contributed by atoms with van der Waals surface area (Å²) in [6, 6.07) is 0. The van der Waals surface area contributed by atoms with Crippen LogP contribution in [0.3, 0.4) is 0 Å². The predicted molar refractivity (Wildman–Crippen MR) is 358 cm³/mol. The Bertz CT molecular complexity index is 1460. The van der Waals surface area contributed by atoms with Crippen molar-refractivity contribution in [3.63, 3.8) is 0 Å². The van der Waals surface area contributed by atoms with Gasteiger partial charge in [0.2, 0.25) is 0 Å². The van der Waals surface area contributed by atoms with Crippen molar-refractivity contribution < 1.29 is 28.6 Å². The molecule has 0 saturated carbocycles. The van der Waals surface area contributed by atoms with Crippen LogP contribution < -0.4 is 0 Å². The second-order valence-corrected chi connectivity index (χ2v) is 24.5. The fourth-order valence-electron chi connectivity index (χ4n) is 10.8. The van der Waals surface area contributed by atoms with Crippen LogP contribution in [0.15, 0.2) is 60.8 Å². The molecule has 82 heavy (non-hydrogen) atoms. The fourth-order valence-corrected chi connectivity index (χ4v) is 10.8. The molecule has 0 radical (unpaired) electrons. The van der Waals surface area contributed by atoms with Gasteiger partial charge in [-0.15, -0.1) is 0 Å². The van der Waals surface area contributed by atoms with E-state index in [9.17, 15) is 14.4 Å². The minimum absolute atomic E-state index is 0.0846. The van der Waals surface area contributed by atoms with E-state index in [1.54, 1.807) is 0 Å². The third kappa shape index (κ3) is 67.9. The minimum atomic E-state index is -0.793. The Balaban J connectivity index is 4.22. The zero-order valence-corrected chi connectivity index (χ0v) is 55.0. The molecule has 1 atom stereocenters. The van der Waals surface area contributed by atoms with Crippen LogP contribution in [-0.4, -0.2) is 37.2 Å². The smallest absolute Gasteiger partial charge is 0.306 e. The zero-order chi connectivity index (χ0) is 59.2. The molecule has 0 aliphatic rings. The van der Waals surface area contributed by atoms with E-state index in [2.05, 4.69) is 81.5 Å². The van der Waals surface area contributed by atoms with E-state index in [1.807, 2.05) is 0 Å². The standard InChI is InChI=1S/C76H138O6/c1-4-7-10-13-16-19-22-25-28-30-32-33-34-35-36-37-38-39-40-41-42-44-45-48-51-54-57-60-63-66-69-75(78)81-72-73(71-80-74(77)68-65-62-59-56-53-50-47-27-24-21-18-15-12-9-6-3)82-76(79)70-67-64-61-58-55-52-49-46-43-31-29-26-23-20-17-14-11-8-5-2/h9,12,18,21,26-27,29,47,53,56,73H,4-8,10-11,13-17,19-20,22-25,28,30-46,48-52,54-55,57-72H2,1-3H3/b12-9-,21-18-,29-26-,47-27-,56-53-. The maximum absolute atomic E-state index is 12.9. The van der Waals surface area contributed by atoms with Gasteiger partial charge in [-0.3, -0.25) is 14.4 Å². The first-order chi connectivity index (χ1) is 40.5. The number of unbranched alkanes of at least 4 members (excludes halogenated alkanes) is 46. The van der Waals surface area contributed by atoms with Gasteiger partial charge in [-0.2, -0.15) is 0 Å². The highest BCUT2D eigenvalue weighted by atomic mass is 16.6. The molecule has 0 bridgehead atoms. The van der Waals surface area contributed by atoms with Crippen molar-refractivity contribution in [2.24, 2.45) is 0 Å². The molecular weight excluding hydrogens is 1010 g/mol. The topological polar surface area (TPSA) is 78.9 Å². The molecular formula is C76H138O6. The third-order valence-electron chi connectivity index (χ3n) is 16.3. The lowest BCUT2D eigenvalue weighted by molar-refractivity contribution is -0.167. The van der Waals surface area contributed by atoms with E-state index in [0.717, 1.165) is 83.5 Å². The molecule has 1 unspecified atom stereocenters. The van der Waals surface area contributed by atoms with Gasteiger partial charge in [-0.1, -0.05) is 345 Å². The van der Waals surface area contributed by atoms with Gasteiger partial charge < -0.3 is 14.2 Å². The Hall–Kier alpha value is -2.89. The summed E-state index contributed by atoms with van der Waals surface area (Å²) in [6.07, 6.45) is 91.3. The van der Waals surface area contributed by atoms with Gasteiger partial charge in [-0.25, -0.2) is 0 Å². The average Bonchev–Trinajstić information content (AvgIpc) is 3.47. The number of hydrogen-bond donors (Lipinski definition) is 0. The Morgan fingerprint density at radius 3 is 0.780 bits per heavy atom. The largest absolute Gasteiger partial charge is 0.462 e. The molecule has 0 aliphatic carbocycles. The highest BCUT2D eigenvalue weighted by Crippen LogP contribution is 2.19. The van der Waals surface area contributed by atoms with Crippen LogP contribution in [-0.2, 0) is 28.6 Å². The van der Waals surface area contributed by atoms with Gasteiger partial charge in [0.05, 0.1) is 0 Å². The van der Waals surface area contributed by atoms with Crippen molar-refractivity contribution in [1.82, 2.24) is 0 Å². The molecule has 0 spiro atoms. The molecule has 0 aromatic carbocycles. The highest BCUT2D eigenvalue weighted by Gasteiger charge is 2.19. The van der Waals surface area contributed by atoms with E-state index in [1.165, 1.54) is 263 Å². The second kappa shape index (κ2) is 70.6. The van der Waals surface area contributed by atoms with E-state index in [0.29, 0.717) is 19.3 Å². The molecule has 0 N–H and O–H groups in total. The van der Waals surface area contributed by atoms with Crippen molar-refractivity contribution in [3.05, 3.63) is 60.8 Å². The quantitative estimate of drug-likeness (QED) is 0.0261. The number of ether oxygens (including phenoxy) is 3. The molecule has 6 heteroatoms. The van der Waals surface area contributed by atoms with Gasteiger partial charge in [0, 0.05) is 19.3 Å². The molecule has 0 heterocycles. The summed E-state index contributed by atoms with van der Waals surface area (Å²) in [5.41, 5.74) is 0. The van der Waals surface area contributed by atoms with Crippen molar-refractivity contribution in [2.75, 3.05) is 13.2 Å². The van der Waals surface area contributed by atoms with E-state index < -0.39 is 6.10 Å². The van der Waals surface area contributed by atoms with Gasteiger partial charge >= 0.3 is 17.9 Å². The molecule has 0 amide bonds. The first-order valence-corrected chi connectivity index (χ1v) is 36.3. The zero-order valence-electron chi connectivity index (χ0n) is 55.0. The molecule has 6 nitrogen and oxygen atoms in total. The Morgan fingerprint density at radius 2 is 0.476 bits per heavy atom. The first-order valence-electron chi connectivity index (χ1n) is 36.3. The number of carbonyl (C=O) groups excluding carboxylic acids is 3. The summed E-state index contributed by atoms with van der Waals surface area (Å²) in [6.45, 7) is 6.55. The van der Waals surface area contributed by atoms with Gasteiger partial charge in [0.1, 0.15) is 13.2 Å². The van der Waals surface area contributed by atoms with Crippen molar-refractivity contribution in [1.29, 1.82) is 0 Å². The number of rotatable bonds is 67. The van der Waals surface area contributed by atoms with Gasteiger partial charge in [0.25, 0.3) is 0 Å². The molecule has 0 aromatic heterocycles. The number of hydrogen-bond acceptors (Lipinski definition) is 6. The molecule has 0 fully saturated rings. The highest BCUT2D eigenvalue weighted by molar-refractivity contribution is 5.71. The molecule has 0 rings (SSSR count). The first kappa shape index (κ1) is 79.1. The van der Waals surface area contributed by atoms with Crippen LogP contribution in [0.25, 0.3) is 0 Å². The SMILES string of the molecule is CC/C=C\C/C=C\C/C=C\C/C=C\CCCCC(=O)OCC(COC(=O)CCCCCCCCCCCCCCCCCCCCCCCCCCCCCCCC)OC(=O)CCCCCCCCCCC/C=C\CCCCCCCC. The van der Waals surface area contributed by atoms with Crippen LogP contribution in [0.4, 0.5) is 0 Å². The minimum Gasteiger partial charge on any atom is -0.462 e. The van der Waals surface area contributed by atoms with E-state index >= 15 is 0 Å². The van der Waals surface area contributed by atoms with Crippen LogP contribution in [0, 0.1) is 0 Å². The number of allylic oxidation sites excluding steroid dienone is 10. The van der Waals surface area contributed by atoms with Crippen LogP contribution in [0.1, 0.15) is 387 Å². The summed E-state index contributed by atoms with van der Waals surface area (Å²) in [7, 11) is 0. The Kier molecular flexibility index (Phi) is 68.1. The average molecular weight is 1150 g/mol. The summed E-state index contributed by atoms with van der Waals surface area (Å²) in [4.78, 5) is 38.4. The third-order valence-corrected chi connectivity index (χ3v) is 16.3. The number of esters is 3. The maximum atomic E-state index is 12.9. The van der Waals surface area contributed by atoms with Crippen LogP contribution >= 0.6 is 0 Å². The summed E-state index contributed by atoms with van der Waals surface area (Å²) < 4.78 is 17.0. The van der Waals surface area contributed by atoms with Crippen molar-refractivity contribution in [2.45, 2.75) is 393 Å². The monoisotopic (exact) mass is 1150 g/mol. The molecule has 478 valence electrons. The number of carbonyl (C=O) groups is 3. The normalized spacial score (nSPS) is 12.4. The maximum Gasteiger partial charge on any atom is 0.306 e. The lowest BCUT2D eigenvalue weighted by Gasteiger charge is -2.18. The van der Waals surface area contributed by atoms with Crippen molar-refractivity contribution in [3.8, 4) is 0 Å². The van der Waals surface area contributed by atoms with E-state index in [4.69, 9.17) is 14.2 Å². The van der Waals surface area contributed by atoms with Crippen LogP contribution in [0.5, 0.6) is 0 Å². The Morgan fingerprint density at radius 1 is 0.256 bits per heavy atom. The van der Waals surface area contributed by atoms with Gasteiger partial charge in [-0.05, 0) is 83.5 Å². The fraction of sp³-hybridized carbons (Fsp3) is 0.829. The molecule has 0 aliphatic heterocycles. The summed E-state index contributed by atoms with van der Waals surface area (Å²) >= 11 is 0. The summed E-state index contributed by atoms with van der Waals surface area (Å²) in [5, 5.41) is 0. The molecule has 0 aromatic rings. The lowest BCUT2D eigenvalue weighted by atomic mass is 10.0. The van der Waals surface area contributed by atoms with E-state index in [-0.39, 0.29) is 31.1 Å². The lowest BCUT2D eigenvalue weighted by Crippen LogP contribution is -2.30. The second-order valence-electron chi connectivity index (χ2n) is 24.5. The summed E-state index contributed by atoms with van der Waals surface area (Å²) in [5.74, 6) is -0.907.